The number of aryl methyl sites for hydroxylation is 1. The first-order chi connectivity index (χ1) is 14.5. The summed E-state index contributed by atoms with van der Waals surface area (Å²) in [6, 6.07) is 10.6. The molecular weight excluding hydrogens is 404 g/mol. The molecule has 1 aromatic carbocycles. The second kappa shape index (κ2) is 8.50. The van der Waals surface area contributed by atoms with Crippen LogP contribution in [0.15, 0.2) is 50.6 Å². The molecule has 154 valence electrons. The number of nitrogens with zero attached hydrogens (tertiary/aromatic N) is 2. The lowest BCUT2D eigenvalue weighted by molar-refractivity contribution is -0.136. The van der Waals surface area contributed by atoms with Crippen molar-refractivity contribution in [2.45, 2.75) is 26.4 Å². The first-order valence-electron chi connectivity index (χ1n) is 9.50. The molecule has 0 saturated heterocycles. The fraction of sp³-hybridized carbons (Fsp3) is 0.238. The van der Waals surface area contributed by atoms with E-state index in [0.29, 0.717) is 28.3 Å². The van der Waals surface area contributed by atoms with Gasteiger partial charge in [-0.2, -0.15) is 0 Å². The molecule has 9 heteroatoms. The van der Waals surface area contributed by atoms with Gasteiger partial charge in [0, 0.05) is 24.9 Å². The Balaban J connectivity index is 1.38. The SMILES string of the molecule is Cc1ccc(NC(=O)C(=O)NCc2ccc(/C=c3/sc4n(c3=O)CCCN=4)o2)cc1. The van der Waals surface area contributed by atoms with Gasteiger partial charge >= 0.3 is 11.8 Å². The number of benzene rings is 1. The molecule has 0 aliphatic carbocycles. The molecular formula is C21H20N4O4S. The molecule has 4 rings (SSSR count). The third-order valence-corrected chi connectivity index (χ3v) is 5.61. The smallest absolute Gasteiger partial charge is 0.313 e. The van der Waals surface area contributed by atoms with Crippen molar-refractivity contribution in [3.63, 3.8) is 0 Å². The minimum atomic E-state index is -0.761. The molecule has 1 aliphatic rings. The number of carbonyl (C=O) groups is 2. The normalized spacial score (nSPS) is 13.4. The average Bonchev–Trinajstić information content (AvgIpc) is 3.32. The second-order valence-electron chi connectivity index (χ2n) is 6.89. The number of hydrogen-bond acceptors (Lipinski definition) is 6. The Hall–Kier alpha value is -3.46. The minimum absolute atomic E-state index is 0.0588. The van der Waals surface area contributed by atoms with Crippen molar-refractivity contribution in [1.82, 2.24) is 9.88 Å². The van der Waals surface area contributed by atoms with E-state index >= 15 is 0 Å². The van der Waals surface area contributed by atoms with E-state index in [1.807, 2.05) is 19.1 Å². The fourth-order valence-corrected chi connectivity index (χ4v) is 4.00. The van der Waals surface area contributed by atoms with Crippen LogP contribution < -0.4 is 25.5 Å². The van der Waals surface area contributed by atoms with Crippen LogP contribution in [0.3, 0.4) is 0 Å². The maximum atomic E-state index is 12.4. The third kappa shape index (κ3) is 4.41. The Morgan fingerprint density at radius 3 is 2.77 bits per heavy atom. The molecule has 0 spiro atoms. The molecule has 0 radical (unpaired) electrons. The molecule has 2 N–H and O–H groups in total. The van der Waals surface area contributed by atoms with E-state index in [0.717, 1.165) is 23.3 Å². The number of fused-ring (bicyclic) bond motifs is 1. The Bertz CT molecular complexity index is 1270. The molecule has 1 aliphatic heterocycles. The highest BCUT2D eigenvalue weighted by Crippen LogP contribution is 2.10. The summed E-state index contributed by atoms with van der Waals surface area (Å²) >= 11 is 1.34. The average molecular weight is 424 g/mol. The number of anilines is 1. The molecule has 30 heavy (non-hydrogen) atoms. The van der Waals surface area contributed by atoms with Crippen molar-refractivity contribution in [1.29, 1.82) is 0 Å². The van der Waals surface area contributed by atoms with Crippen LogP contribution in [0.5, 0.6) is 0 Å². The zero-order chi connectivity index (χ0) is 21.1. The Morgan fingerprint density at radius 2 is 2.00 bits per heavy atom. The largest absolute Gasteiger partial charge is 0.460 e. The summed E-state index contributed by atoms with van der Waals surface area (Å²) in [5.41, 5.74) is 1.53. The van der Waals surface area contributed by atoms with Gasteiger partial charge in [-0.05, 0) is 37.6 Å². The number of aromatic nitrogens is 1. The molecule has 3 heterocycles. The van der Waals surface area contributed by atoms with E-state index in [1.165, 1.54) is 11.3 Å². The summed E-state index contributed by atoms with van der Waals surface area (Å²) in [6.07, 6.45) is 2.54. The maximum absolute atomic E-state index is 12.4. The Morgan fingerprint density at radius 1 is 1.20 bits per heavy atom. The summed E-state index contributed by atoms with van der Waals surface area (Å²) in [4.78, 5) is 41.5. The van der Waals surface area contributed by atoms with E-state index in [9.17, 15) is 14.4 Å². The maximum Gasteiger partial charge on any atom is 0.313 e. The summed E-state index contributed by atoms with van der Waals surface area (Å²) < 4.78 is 7.89. The predicted molar refractivity (Wildman–Crippen MR) is 113 cm³/mol. The number of carbonyl (C=O) groups excluding carboxylic acids is 2. The van der Waals surface area contributed by atoms with Crippen LogP contribution in [-0.2, 0) is 22.7 Å². The van der Waals surface area contributed by atoms with Crippen molar-refractivity contribution in [3.8, 4) is 0 Å². The van der Waals surface area contributed by atoms with Crippen molar-refractivity contribution in [3.05, 3.63) is 73.2 Å². The van der Waals surface area contributed by atoms with Crippen molar-refractivity contribution < 1.29 is 14.0 Å². The first-order valence-corrected chi connectivity index (χ1v) is 10.3. The zero-order valence-electron chi connectivity index (χ0n) is 16.3. The van der Waals surface area contributed by atoms with Gasteiger partial charge in [0.2, 0.25) is 0 Å². The van der Waals surface area contributed by atoms with Gasteiger partial charge in [0.15, 0.2) is 4.80 Å². The molecule has 0 fully saturated rings. The van der Waals surface area contributed by atoms with Crippen LogP contribution in [0.2, 0.25) is 0 Å². The summed E-state index contributed by atoms with van der Waals surface area (Å²) in [5, 5.41) is 5.06. The van der Waals surface area contributed by atoms with Crippen LogP contribution in [0.25, 0.3) is 6.08 Å². The monoisotopic (exact) mass is 424 g/mol. The van der Waals surface area contributed by atoms with Crippen LogP contribution in [0, 0.1) is 6.92 Å². The molecule has 2 aromatic heterocycles. The lowest BCUT2D eigenvalue weighted by atomic mass is 10.2. The lowest BCUT2D eigenvalue weighted by Crippen LogP contribution is -2.34. The van der Waals surface area contributed by atoms with Crippen LogP contribution in [0.4, 0.5) is 5.69 Å². The second-order valence-corrected chi connectivity index (χ2v) is 7.90. The van der Waals surface area contributed by atoms with E-state index in [1.54, 1.807) is 34.9 Å². The molecule has 0 saturated carbocycles. The van der Waals surface area contributed by atoms with Crippen LogP contribution >= 0.6 is 11.3 Å². The van der Waals surface area contributed by atoms with E-state index < -0.39 is 11.8 Å². The highest BCUT2D eigenvalue weighted by atomic mass is 32.1. The van der Waals surface area contributed by atoms with Crippen molar-refractivity contribution in [2.24, 2.45) is 4.99 Å². The summed E-state index contributed by atoms with van der Waals surface area (Å²) in [5.74, 6) is -0.537. The van der Waals surface area contributed by atoms with Gasteiger partial charge in [0.25, 0.3) is 5.56 Å². The number of hydrogen-bond donors (Lipinski definition) is 2. The fourth-order valence-electron chi connectivity index (χ4n) is 3.00. The number of rotatable bonds is 4. The predicted octanol–water partition coefficient (Wildman–Crippen LogP) is 0.918. The highest BCUT2D eigenvalue weighted by Gasteiger charge is 2.14. The van der Waals surface area contributed by atoms with Crippen LogP contribution in [-0.4, -0.2) is 22.9 Å². The molecule has 0 atom stereocenters. The molecule has 0 unspecified atom stereocenters. The topological polar surface area (TPSA) is 106 Å². The standard InChI is InChI=1S/C21H20N4O4S/c1-13-3-5-14(6-4-13)24-19(27)18(26)23-12-16-8-7-15(29-16)11-17-20(28)25-10-2-9-22-21(25)30-17/h3-8,11H,2,9-10,12H2,1H3,(H,23,26)(H,24,27)/b17-11+. The van der Waals surface area contributed by atoms with E-state index in [-0.39, 0.29) is 12.1 Å². The van der Waals surface area contributed by atoms with Crippen LogP contribution in [0.1, 0.15) is 23.5 Å². The van der Waals surface area contributed by atoms with Gasteiger partial charge in [-0.25, -0.2) is 0 Å². The van der Waals surface area contributed by atoms with Crippen molar-refractivity contribution >= 4 is 34.9 Å². The molecule has 8 nitrogen and oxygen atoms in total. The van der Waals surface area contributed by atoms with Gasteiger partial charge in [-0.1, -0.05) is 29.0 Å². The molecule has 0 bridgehead atoms. The quantitative estimate of drug-likeness (QED) is 0.608. The van der Waals surface area contributed by atoms with E-state index in [2.05, 4.69) is 15.6 Å². The third-order valence-electron chi connectivity index (χ3n) is 4.57. The van der Waals surface area contributed by atoms with Gasteiger partial charge < -0.3 is 15.1 Å². The van der Waals surface area contributed by atoms with Gasteiger partial charge in [-0.15, -0.1) is 0 Å². The van der Waals surface area contributed by atoms with Gasteiger partial charge in [0.1, 0.15) is 11.5 Å². The Labute approximate surface area is 175 Å². The summed E-state index contributed by atoms with van der Waals surface area (Å²) in [6.45, 7) is 3.42. The Kier molecular flexibility index (Phi) is 5.62. The summed E-state index contributed by atoms with van der Waals surface area (Å²) in [7, 11) is 0. The van der Waals surface area contributed by atoms with Crippen molar-refractivity contribution in [2.75, 3.05) is 11.9 Å². The lowest BCUT2D eigenvalue weighted by Gasteiger charge is -2.05. The number of amides is 2. The number of thiazole rings is 1. The highest BCUT2D eigenvalue weighted by molar-refractivity contribution is 7.07. The molecule has 3 aromatic rings. The zero-order valence-corrected chi connectivity index (χ0v) is 17.1. The van der Waals surface area contributed by atoms with Gasteiger partial charge in [-0.3, -0.25) is 23.9 Å². The van der Waals surface area contributed by atoms with Gasteiger partial charge in [0.05, 0.1) is 11.1 Å². The molecule has 2 amide bonds. The first kappa shape index (κ1) is 19.8. The minimum Gasteiger partial charge on any atom is -0.460 e. The number of nitrogens with one attached hydrogen (secondary N) is 2. The van der Waals surface area contributed by atoms with E-state index in [4.69, 9.17) is 4.42 Å². The number of furan rings is 1.